The van der Waals surface area contributed by atoms with Crippen molar-refractivity contribution in [3.8, 4) is 17.6 Å². The van der Waals surface area contributed by atoms with Crippen LogP contribution in [0.1, 0.15) is 57.6 Å². The third-order valence-electron chi connectivity index (χ3n) is 6.64. The predicted molar refractivity (Wildman–Crippen MR) is 137 cm³/mol. The molecule has 2 aromatic carbocycles. The van der Waals surface area contributed by atoms with Gasteiger partial charge in [-0.1, -0.05) is 32.0 Å². The Morgan fingerprint density at radius 2 is 1.83 bits per heavy atom. The van der Waals surface area contributed by atoms with Crippen molar-refractivity contribution in [2.75, 3.05) is 18.1 Å². The normalized spacial score (nSPS) is 19.4. The molecule has 0 fully saturated rings. The molecule has 0 bridgehead atoms. The van der Waals surface area contributed by atoms with Crippen molar-refractivity contribution in [1.82, 2.24) is 0 Å². The molecule has 1 aliphatic heterocycles. The number of aryl methyl sites for hydroxylation is 1. The molecule has 1 unspecified atom stereocenters. The Morgan fingerprint density at radius 1 is 1.11 bits per heavy atom. The number of allylic oxidation sites excluding steroid dienone is 3. The number of hydrogen-bond donors (Lipinski definition) is 1. The molecule has 182 valence electrons. The van der Waals surface area contributed by atoms with Crippen LogP contribution >= 0.6 is 0 Å². The fourth-order valence-corrected chi connectivity index (χ4v) is 5.20. The number of nitriles is 1. The Bertz CT molecular complexity index is 1270. The molecule has 1 aliphatic carbocycles. The lowest BCUT2D eigenvalue weighted by molar-refractivity contribution is -0.118. The number of carbonyl (C=O) groups is 1. The van der Waals surface area contributed by atoms with Gasteiger partial charge in [0, 0.05) is 23.3 Å². The third-order valence-corrected chi connectivity index (χ3v) is 6.64. The van der Waals surface area contributed by atoms with Crippen molar-refractivity contribution >= 4 is 11.5 Å². The van der Waals surface area contributed by atoms with E-state index in [2.05, 4.69) is 19.9 Å². The van der Waals surface area contributed by atoms with Gasteiger partial charge in [-0.15, -0.1) is 0 Å². The number of ether oxygens (including phenoxy) is 2. The number of benzene rings is 2. The molecule has 2 aromatic rings. The predicted octanol–water partition coefficient (Wildman–Crippen LogP) is 5.73. The highest BCUT2D eigenvalue weighted by atomic mass is 16.5. The minimum atomic E-state index is -0.624. The van der Waals surface area contributed by atoms with Crippen LogP contribution in [0.15, 0.2) is 65.1 Å². The molecule has 0 spiro atoms. The van der Waals surface area contributed by atoms with E-state index in [1.165, 1.54) is 0 Å². The van der Waals surface area contributed by atoms with Crippen LogP contribution in [0, 0.1) is 23.7 Å². The van der Waals surface area contributed by atoms with E-state index in [4.69, 9.17) is 15.2 Å². The van der Waals surface area contributed by atoms with Crippen LogP contribution in [0.5, 0.6) is 11.5 Å². The molecule has 0 radical (unpaired) electrons. The first-order valence-corrected chi connectivity index (χ1v) is 12.1. The van der Waals surface area contributed by atoms with Gasteiger partial charge in [-0.2, -0.15) is 5.26 Å². The van der Waals surface area contributed by atoms with Crippen LogP contribution in [0.3, 0.4) is 0 Å². The highest BCUT2D eigenvalue weighted by Crippen LogP contribution is 2.52. The summed E-state index contributed by atoms with van der Waals surface area (Å²) >= 11 is 0. The topological polar surface area (TPSA) is 88.6 Å². The zero-order valence-electron chi connectivity index (χ0n) is 21.1. The van der Waals surface area contributed by atoms with Crippen LogP contribution in [-0.4, -0.2) is 19.0 Å². The standard InChI is InChI=1S/C29H33N3O3/c1-6-34-19-12-13-25(35-7-2)20(14-19)26-21(17-30)28(31)32(22-11-9-8-10-18(22)3)23-15-29(4,5)16-24(33)27(23)26/h8-14,26H,6-7,15-16,31H2,1-5H3. The van der Waals surface area contributed by atoms with Gasteiger partial charge in [0.1, 0.15) is 17.3 Å². The molecule has 2 aliphatic rings. The Morgan fingerprint density at radius 3 is 2.49 bits per heavy atom. The van der Waals surface area contributed by atoms with Gasteiger partial charge in [0.25, 0.3) is 0 Å². The van der Waals surface area contributed by atoms with Gasteiger partial charge in [0.15, 0.2) is 5.78 Å². The molecule has 4 rings (SSSR count). The molecule has 0 saturated carbocycles. The van der Waals surface area contributed by atoms with Gasteiger partial charge in [-0.25, -0.2) is 0 Å². The number of Topliss-reactive ketones (excluding diaryl/α,β-unsaturated/α-hetero) is 1. The summed E-state index contributed by atoms with van der Waals surface area (Å²) in [5.41, 5.74) is 11.0. The first-order chi connectivity index (χ1) is 16.7. The van der Waals surface area contributed by atoms with E-state index in [1.807, 2.05) is 68.1 Å². The summed E-state index contributed by atoms with van der Waals surface area (Å²) < 4.78 is 11.7. The number of para-hydroxylation sites is 1. The van der Waals surface area contributed by atoms with Crippen molar-refractivity contribution in [2.45, 2.75) is 53.4 Å². The quantitative estimate of drug-likeness (QED) is 0.578. The lowest BCUT2D eigenvalue weighted by Crippen LogP contribution is -2.42. The molecule has 0 amide bonds. The monoisotopic (exact) mass is 471 g/mol. The van der Waals surface area contributed by atoms with Crippen molar-refractivity contribution < 1.29 is 14.3 Å². The number of hydrogen-bond acceptors (Lipinski definition) is 6. The maximum absolute atomic E-state index is 13.8. The summed E-state index contributed by atoms with van der Waals surface area (Å²) in [5.74, 6) is 1.04. The second-order valence-corrected chi connectivity index (χ2v) is 9.83. The molecular formula is C29H33N3O3. The van der Waals surface area contributed by atoms with E-state index in [0.717, 1.165) is 22.5 Å². The number of carbonyl (C=O) groups excluding carboxylic acids is 1. The Labute approximate surface area is 207 Å². The van der Waals surface area contributed by atoms with E-state index in [-0.39, 0.29) is 11.2 Å². The van der Waals surface area contributed by atoms with Crippen LogP contribution in [0.4, 0.5) is 5.69 Å². The van der Waals surface area contributed by atoms with Crippen molar-refractivity contribution in [2.24, 2.45) is 11.1 Å². The first kappa shape index (κ1) is 24.4. The van der Waals surface area contributed by atoms with Crippen LogP contribution in [0.25, 0.3) is 0 Å². The minimum absolute atomic E-state index is 0.0318. The second kappa shape index (κ2) is 9.50. The van der Waals surface area contributed by atoms with E-state index >= 15 is 0 Å². The maximum Gasteiger partial charge on any atom is 0.162 e. The highest BCUT2D eigenvalue weighted by molar-refractivity contribution is 6.02. The summed E-state index contributed by atoms with van der Waals surface area (Å²) in [5, 5.41) is 10.4. The lowest BCUT2D eigenvalue weighted by atomic mass is 9.68. The second-order valence-electron chi connectivity index (χ2n) is 9.83. The van der Waals surface area contributed by atoms with Crippen molar-refractivity contribution in [3.63, 3.8) is 0 Å². The average molecular weight is 472 g/mol. The van der Waals surface area contributed by atoms with Gasteiger partial charge in [-0.3, -0.25) is 9.69 Å². The molecule has 1 atom stereocenters. The van der Waals surface area contributed by atoms with E-state index in [0.29, 0.717) is 54.5 Å². The minimum Gasteiger partial charge on any atom is -0.494 e. The Hall–Kier alpha value is -3.72. The van der Waals surface area contributed by atoms with E-state index < -0.39 is 5.92 Å². The molecule has 1 heterocycles. The summed E-state index contributed by atoms with van der Waals surface area (Å²) in [7, 11) is 0. The number of nitrogens with two attached hydrogens (primary N) is 1. The number of nitrogens with zero attached hydrogens (tertiary/aromatic N) is 2. The maximum atomic E-state index is 13.8. The van der Waals surface area contributed by atoms with Gasteiger partial charge >= 0.3 is 0 Å². The molecule has 0 aromatic heterocycles. The summed E-state index contributed by atoms with van der Waals surface area (Å²) in [6.45, 7) is 11.0. The number of ketones is 1. The SMILES string of the molecule is CCOc1ccc(OCC)c(C2C(C#N)=C(N)N(c3ccccc3C)C3=C2C(=O)CC(C)(C)C3)c1. The molecular weight excluding hydrogens is 438 g/mol. The van der Waals surface area contributed by atoms with Gasteiger partial charge in [0.05, 0.1) is 36.5 Å². The zero-order valence-corrected chi connectivity index (χ0v) is 21.1. The fourth-order valence-electron chi connectivity index (χ4n) is 5.20. The van der Waals surface area contributed by atoms with Gasteiger partial charge in [0.2, 0.25) is 0 Å². The zero-order chi connectivity index (χ0) is 25.3. The largest absolute Gasteiger partial charge is 0.494 e. The fraction of sp³-hybridized carbons (Fsp3) is 0.379. The Balaban J connectivity index is 2.04. The van der Waals surface area contributed by atoms with Crippen molar-refractivity contribution in [3.05, 3.63) is 76.3 Å². The first-order valence-electron chi connectivity index (χ1n) is 12.1. The summed E-state index contributed by atoms with van der Waals surface area (Å²) in [6, 6.07) is 15.8. The van der Waals surface area contributed by atoms with E-state index in [9.17, 15) is 10.1 Å². The highest BCUT2D eigenvalue weighted by Gasteiger charge is 2.45. The lowest BCUT2D eigenvalue weighted by Gasteiger charge is -2.44. The molecule has 6 nitrogen and oxygen atoms in total. The smallest absolute Gasteiger partial charge is 0.162 e. The molecule has 2 N–H and O–H groups in total. The summed E-state index contributed by atoms with van der Waals surface area (Å²) in [6.07, 6.45) is 1.06. The Kier molecular flexibility index (Phi) is 6.62. The molecule has 0 saturated heterocycles. The average Bonchev–Trinajstić information content (AvgIpc) is 2.80. The third kappa shape index (κ3) is 4.39. The van der Waals surface area contributed by atoms with Crippen LogP contribution in [-0.2, 0) is 4.79 Å². The van der Waals surface area contributed by atoms with Crippen LogP contribution in [0.2, 0.25) is 0 Å². The molecule has 6 heteroatoms. The van der Waals surface area contributed by atoms with Gasteiger partial charge in [-0.05, 0) is 62.4 Å². The van der Waals surface area contributed by atoms with Gasteiger partial charge < -0.3 is 15.2 Å². The van der Waals surface area contributed by atoms with Crippen molar-refractivity contribution in [1.29, 1.82) is 5.26 Å². The number of anilines is 1. The van der Waals surface area contributed by atoms with E-state index in [1.54, 1.807) is 0 Å². The van der Waals surface area contributed by atoms with Crippen LogP contribution < -0.4 is 20.1 Å². The molecule has 35 heavy (non-hydrogen) atoms. The summed E-state index contributed by atoms with van der Waals surface area (Å²) in [4.78, 5) is 15.7. The number of rotatable bonds is 6.